The second-order valence-corrected chi connectivity index (χ2v) is 7.48. The first-order valence-corrected chi connectivity index (χ1v) is 8.20. The van der Waals surface area contributed by atoms with Crippen LogP contribution in [0.5, 0.6) is 0 Å². The second kappa shape index (κ2) is 5.63. The Kier molecular flexibility index (Phi) is 3.91. The lowest BCUT2D eigenvalue weighted by Crippen LogP contribution is -2.37. The number of aryl methyl sites for hydroxylation is 1. The van der Waals surface area contributed by atoms with Crippen LogP contribution in [0.15, 0.2) is 11.1 Å². The monoisotopic (exact) mass is 318 g/mol. The fourth-order valence-corrected chi connectivity index (χ4v) is 3.05. The van der Waals surface area contributed by atoms with Crippen molar-refractivity contribution >= 4 is 11.5 Å². The van der Waals surface area contributed by atoms with E-state index in [4.69, 9.17) is 0 Å². The number of imidazole rings is 1. The number of rotatable bonds is 2. The van der Waals surface area contributed by atoms with Crippen LogP contribution < -0.4 is 10.9 Å². The molecule has 0 aromatic carbocycles. The zero-order valence-corrected chi connectivity index (χ0v) is 14.6. The van der Waals surface area contributed by atoms with Crippen LogP contribution >= 0.6 is 0 Å². The van der Waals surface area contributed by atoms with E-state index in [2.05, 4.69) is 27.3 Å². The Labute approximate surface area is 136 Å². The molecule has 0 saturated carbocycles. The number of nitrogens with zero attached hydrogens (tertiary/aromatic N) is 5. The molecule has 1 N–H and O–H groups in total. The maximum atomic E-state index is 12.8. The minimum atomic E-state index is -0.301. The molecule has 0 atom stereocenters. The van der Waals surface area contributed by atoms with E-state index in [1.165, 1.54) is 0 Å². The normalized spacial score (nSPS) is 17.8. The molecule has 23 heavy (non-hydrogen) atoms. The SMILES string of the molecule is Cc1nc(NC2CCN(C)CC2)n2ncn(C(C)(C)C)c(=O)c12. The molecular weight excluding hydrogens is 292 g/mol. The van der Waals surface area contributed by atoms with Crippen molar-refractivity contribution in [2.75, 3.05) is 25.5 Å². The Hall–Kier alpha value is -1.89. The van der Waals surface area contributed by atoms with Crippen molar-refractivity contribution in [2.45, 2.75) is 52.1 Å². The molecule has 0 unspecified atom stereocenters. The molecule has 0 bridgehead atoms. The molecular formula is C16H26N6O. The third kappa shape index (κ3) is 2.97. The van der Waals surface area contributed by atoms with Gasteiger partial charge in [-0.25, -0.2) is 4.98 Å². The average molecular weight is 318 g/mol. The minimum Gasteiger partial charge on any atom is -0.351 e. The number of likely N-dealkylation sites (tertiary alicyclic amines) is 1. The van der Waals surface area contributed by atoms with E-state index >= 15 is 0 Å². The van der Waals surface area contributed by atoms with Crippen LogP contribution in [-0.2, 0) is 5.54 Å². The van der Waals surface area contributed by atoms with Crippen molar-refractivity contribution in [2.24, 2.45) is 0 Å². The molecule has 126 valence electrons. The topological polar surface area (TPSA) is 67.5 Å². The van der Waals surface area contributed by atoms with E-state index in [0.717, 1.165) is 31.6 Å². The van der Waals surface area contributed by atoms with Crippen molar-refractivity contribution in [3.05, 3.63) is 22.4 Å². The van der Waals surface area contributed by atoms with E-state index in [1.807, 2.05) is 27.7 Å². The highest BCUT2D eigenvalue weighted by atomic mass is 16.1. The highest BCUT2D eigenvalue weighted by Gasteiger charge is 2.22. The molecule has 2 aromatic heterocycles. The number of hydrogen-bond acceptors (Lipinski definition) is 5. The number of piperidine rings is 1. The smallest absolute Gasteiger partial charge is 0.280 e. The zero-order chi connectivity index (χ0) is 16.8. The third-order valence-corrected chi connectivity index (χ3v) is 4.51. The van der Waals surface area contributed by atoms with Crippen molar-refractivity contribution in [1.82, 2.24) is 24.1 Å². The summed E-state index contributed by atoms with van der Waals surface area (Å²) in [5.41, 5.74) is 0.924. The Morgan fingerprint density at radius 3 is 2.52 bits per heavy atom. The summed E-state index contributed by atoms with van der Waals surface area (Å²) in [5.74, 6) is 0.671. The maximum Gasteiger partial charge on any atom is 0.280 e. The van der Waals surface area contributed by atoms with Gasteiger partial charge >= 0.3 is 0 Å². The lowest BCUT2D eigenvalue weighted by molar-refractivity contribution is 0.263. The molecule has 7 heteroatoms. The second-order valence-electron chi connectivity index (χ2n) is 7.48. The molecule has 0 spiro atoms. The van der Waals surface area contributed by atoms with Crippen LogP contribution in [0.4, 0.5) is 5.95 Å². The minimum absolute atomic E-state index is 0.0473. The van der Waals surface area contributed by atoms with Gasteiger partial charge in [-0.1, -0.05) is 0 Å². The van der Waals surface area contributed by atoms with Gasteiger partial charge < -0.3 is 10.2 Å². The van der Waals surface area contributed by atoms with Crippen molar-refractivity contribution < 1.29 is 0 Å². The van der Waals surface area contributed by atoms with Crippen LogP contribution in [0.25, 0.3) is 5.52 Å². The number of hydrogen-bond donors (Lipinski definition) is 1. The van der Waals surface area contributed by atoms with E-state index in [0.29, 0.717) is 17.5 Å². The Balaban J connectivity index is 1.97. The van der Waals surface area contributed by atoms with Gasteiger partial charge in [0.2, 0.25) is 5.95 Å². The molecule has 1 saturated heterocycles. The largest absolute Gasteiger partial charge is 0.351 e. The zero-order valence-electron chi connectivity index (χ0n) is 14.6. The van der Waals surface area contributed by atoms with Gasteiger partial charge in [-0.15, -0.1) is 0 Å². The van der Waals surface area contributed by atoms with Crippen LogP contribution in [0, 0.1) is 6.92 Å². The van der Waals surface area contributed by atoms with E-state index in [1.54, 1.807) is 15.4 Å². The number of fused-ring (bicyclic) bond motifs is 1. The summed E-state index contributed by atoms with van der Waals surface area (Å²) >= 11 is 0. The lowest BCUT2D eigenvalue weighted by atomic mass is 10.1. The van der Waals surface area contributed by atoms with Gasteiger partial charge in [-0.2, -0.15) is 9.61 Å². The lowest BCUT2D eigenvalue weighted by Gasteiger charge is -2.29. The summed E-state index contributed by atoms with van der Waals surface area (Å²) < 4.78 is 3.31. The highest BCUT2D eigenvalue weighted by Crippen LogP contribution is 2.18. The average Bonchev–Trinajstić information content (AvgIpc) is 2.77. The fraction of sp³-hybridized carbons (Fsp3) is 0.688. The fourth-order valence-electron chi connectivity index (χ4n) is 3.05. The quantitative estimate of drug-likeness (QED) is 0.908. The molecule has 1 aliphatic rings. The Morgan fingerprint density at radius 2 is 1.91 bits per heavy atom. The summed E-state index contributed by atoms with van der Waals surface area (Å²) in [4.78, 5) is 19.6. The number of aromatic nitrogens is 4. The molecule has 3 heterocycles. The van der Waals surface area contributed by atoms with Crippen LogP contribution in [0.2, 0.25) is 0 Å². The molecule has 3 rings (SSSR count). The van der Waals surface area contributed by atoms with Crippen LogP contribution in [0.3, 0.4) is 0 Å². The van der Waals surface area contributed by atoms with Gasteiger partial charge in [0, 0.05) is 11.6 Å². The molecule has 1 fully saturated rings. The number of nitrogens with one attached hydrogen (secondary N) is 1. The molecule has 0 radical (unpaired) electrons. The van der Waals surface area contributed by atoms with Gasteiger partial charge in [0.1, 0.15) is 6.33 Å². The third-order valence-electron chi connectivity index (χ3n) is 4.51. The summed E-state index contributed by atoms with van der Waals surface area (Å²) in [6, 6.07) is 0.378. The van der Waals surface area contributed by atoms with Gasteiger partial charge in [0.15, 0.2) is 5.52 Å². The van der Waals surface area contributed by atoms with Gasteiger partial charge in [0.25, 0.3) is 5.56 Å². The summed E-state index contributed by atoms with van der Waals surface area (Å²) in [6.45, 7) is 10.0. The summed E-state index contributed by atoms with van der Waals surface area (Å²) in [7, 11) is 2.14. The van der Waals surface area contributed by atoms with E-state index in [-0.39, 0.29) is 11.1 Å². The van der Waals surface area contributed by atoms with Gasteiger partial charge in [-0.3, -0.25) is 9.36 Å². The summed E-state index contributed by atoms with van der Waals surface area (Å²) in [6.07, 6.45) is 3.75. The van der Waals surface area contributed by atoms with Crippen molar-refractivity contribution in [3.8, 4) is 0 Å². The van der Waals surface area contributed by atoms with Crippen molar-refractivity contribution in [3.63, 3.8) is 0 Å². The Bertz CT molecular complexity index is 761. The molecule has 2 aromatic rings. The first-order chi connectivity index (χ1) is 10.8. The standard InChI is InChI=1S/C16H26N6O/c1-11-13-14(23)21(16(2,3)4)10-17-22(13)15(18-11)19-12-6-8-20(5)9-7-12/h10,12H,6-9H2,1-5H3,(H,18,19). The predicted octanol–water partition coefficient (Wildman–Crippen LogP) is 1.46. The summed E-state index contributed by atoms with van der Waals surface area (Å²) in [5, 5.41) is 7.92. The van der Waals surface area contributed by atoms with E-state index in [9.17, 15) is 4.79 Å². The number of anilines is 1. The highest BCUT2D eigenvalue weighted by molar-refractivity contribution is 5.55. The maximum absolute atomic E-state index is 12.8. The van der Waals surface area contributed by atoms with E-state index < -0.39 is 0 Å². The molecule has 0 aliphatic carbocycles. The first kappa shape index (κ1) is 16.0. The molecule has 7 nitrogen and oxygen atoms in total. The predicted molar refractivity (Wildman–Crippen MR) is 91.1 cm³/mol. The van der Waals surface area contributed by atoms with Crippen LogP contribution in [-0.4, -0.2) is 50.2 Å². The first-order valence-electron chi connectivity index (χ1n) is 8.20. The van der Waals surface area contributed by atoms with Gasteiger partial charge in [0.05, 0.1) is 5.69 Å². The van der Waals surface area contributed by atoms with Crippen LogP contribution in [0.1, 0.15) is 39.3 Å². The molecule has 1 aliphatic heterocycles. The molecule has 0 amide bonds. The Morgan fingerprint density at radius 1 is 1.26 bits per heavy atom. The van der Waals surface area contributed by atoms with Gasteiger partial charge in [-0.05, 0) is 60.7 Å². The van der Waals surface area contributed by atoms with Crippen molar-refractivity contribution in [1.29, 1.82) is 0 Å².